The zero-order chi connectivity index (χ0) is 21.4. The molecule has 3 saturated carbocycles. The van der Waals surface area contributed by atoms with Crippen molar-refractivity contribution in [2.24, 2.45) is 41.4 Å². The van der Waals surface area contributed by atoms with E-state index in [9.17, 15) is 14.4 Å². The van der Waals surface area contributed by atoms with Crippen molar-refractivity contribution in [3.8, 4) is 0 Å². The van der Waals surface area contributed by atoms with Crippen LogP contribution in [0.4, 0.5) is 5.69 Å². The maximum atomic E-state index is 13.3. The summed E-state index contributed by atoms with van der Waals surface area (Å²) in [5, 5.41) is 3.62. The highest BCUT2D eigenvalue weighted by Crippen LogP contribution is 2.65. The van der Waals surface area contributed by atoms with Crippen LogP contribution in [0.2, 0.25) is 10.0 Å². The first-order valence-corrected chi connectivity index (χ1v) is 12.0. The van der Waals surface area contributed by atoms with Crippen molar-refractivity contribution in [1.29, 1.82) is 0 Å². The molecule has 5 nitrogen and oxygen atoms in total. The minimum Gasteiger partial charge on any atom is -0.324 e. The molecule has 1 N–H and O–H groups in total. The Morgan fingerprint density at radius 2 is 1.55 bits per heavy atom. The average molecular weight is 459 g/mol. The number of carbonyl (C=O) groups excluding carboxylic acids is 3. The molecule has 31 heavy (non-hydrogen) atoms. The second-order valence-electron chi connectivity index (χ2n) is 9.80. The zero-order valence-electron chi connectivity index (χ0n) is 17.0. The molecule has 1 aliphatic heterocycles. The summed E-state index contributed by atoms with van der Waals surface area (Å²) in [7, 11) is 0. The minimum atomic E-state index is -0.160. The maximum absolute atomic E-state index is 13.3. The molecule has 7 heteroatoms. The van der Waals surface area contributed by atoms with Crippen molar-refractivity contribution in [2.75, 3.05) is 5.32 Å². The maximum Gasteiger partial charge on any atom is 0.233 e. The summed E-state index contributed by atoms with van der Waals surface area (Å²) < 4.78 is 0. The molecule has 0 spiro atoms. The van der Waals surface area contributed by atoms with Crippen molar-refractivity contribution < 1.29 is 14.4 Å². The molecule has 6 aliphatic rings. The van der Waals surface area contributed by atoms with Gasteiger partial charge in [-0.25, -0.2) is 0 Å². The third-order valence-corrected chi connectivity index (χ3v) is 9.16. The van der Waals surface area contributed by atoms with Crippen molar-refractivity contribution in [2.45, 2.75) is 38.1 Å². The van der Waals surface area contributed by atoms with Crippen molar-refractivity contribution in [1.82, 2.24) is 4.90 Å². The van der Waals surface area contributed by atoms with Gasteiger partial charge in [0.2, 0.25) is 17.7 Å². The van der Waals surface area contributed by atoms with Crippen molar-refractivity contribution in [3.63, 3.8) is 0 Å². The molecular formula is C24H24Cl2N2O3. The van der Waals surface area contributed by atoms with Crippen LogP contribution in [-0.2, 0) is 14.4 Å². The number of imide groups is 1. The third-order valence-electron chi connectivity index (χ3n) is 8.34. The van der Waals surface area contributed by atoms with E-state index < -0.39 is 0 Å². The molecule has 1 aromatic carbocycles. The van der Waals surface area contributed by atoms with Crippen molar-refractivity contribution in [3.05, 3.63) is 40.4 Å². The van der Waals surface area contributed by atoms with Crippen LogP contribution in [0.15, 0.2) is 30.4 Å². The first-order valence-electron chi connectivity index (χ1n) is 11.3. The number of anilines is 1. The Balaban J connectivity index is 1.12. The molecule has 4 fully saturated rings. The minimum absolute atomic E-state index is 0.0401. The first-order chi connectivity index (χ1) is 15.0. The number of amides is 3. The molecule has 1 aromatic rings. The van der Waals surface area contributed by atoms with Crippen LogP contribution in [0.5, 0.6) is 0 Å². The average Bonchev–Trinajstić information content (AvgIpc) is 3.55. The lowest BCUT2D eigenvalue weighted by molar-refractivity contribution is -0.144. The third kappa shape index (κ3) is 2.92. The number of nitrogens with zero attached hydrogens (tertiary/aromatic N) is 1. The number of carbonyl (C=O) groups is 3. The van der Waals surface area contributed by atoms with E-state index in [0.29, 0.717) is 53.3 Å². The van der Waals surface area contributed by atoms with Gasteiger partial charge in [-0.15, -0.1) is 0 Å². The van der Waals surface area contributed by atoms with Crippen LogP contribution in [0.3, 0.4) is 0 Å². The first kappa shape index (κ1) is 19.8. The molecule has 162 valence electrons. The number of rotatable bonds is 3. The fourth-order valence-corrected chi connectivity index (χ4v) is 7.12. The van der Waals surface area contributed by atoms with Crippen LogP contribution in [0.25, 0.3) is 0 Å². The molecule has 7 rings (SSSR count). The summed E-state index contributed by atoms with van der Waals surface area (Å²) in [6.07, 6.45) is 8.23. The summed E-state index contributed by atoms with van der Waals surface area (Å²) in [4.78, 5) is 40.9. The van der Waals surface area contributed by atoms with E-state index in [-0.39, 0.29) is 53.4 Å². The van der Waals surface area contributed by atoms with E-state index in [1.165, 1.54) is 6.42 Å². The molecule has 0 radical (unpaired) electrons. The van der Waals surface area contributed by atoms with Gasteiger partial charge in [0, 0.05) is 12.0 Å². The van der Waals surface area contributed by atoms with Gasteiger partial charge in [0.1, 0.15) is 0 Å². The van der Waals surface area contributed by atoms with Crippen LogP contribution >= 0.6 is 23.2 Å². The molecule has 3 amide bonds. The second-order valence-corrected chi connectivity index (χ2v) is 10.6. The van der Waals surface area contributed by atoms with Crippen LogP contribution < -0.4 is 5.32 Å². The summed E-state index contributed by atoms with van der Waals surface area (Å²) >= 11 is 12.2. The van der Waals surface area contributed by atoms with Gasteiger partial charge in [-0.1, -0.05) is 41.4 Å². The lowest BCUT2D eigenvalue weighted by Gasteiger charge is -2.37. The molecule has 6 atom stereocenters. The highest BCUT2D eigenvalue weighted by Gasteiger charge is 2.67. The lowest BCUT2D eigenvalue weighted by atomic mass is 9.63. The summed E-state index contributed by atoms with van der Waals surface area (Å²) in [6, 6.07) is 5.07. The smallest absolute Gasteiger partial charge is 0.233 e. The quantitative estimate of drug-likeness (QED) is 0.533. The Bertz CT molecular complexity index is 980. The molecule has 2 bridgehead atoms. The van der Waals surface area contributed by atoms with E-state index in [1.54, 1.807) is 23.1 Å². The molecule has 1 heterocycles. The zero-order valence-corrected chi connectivity index (χ0v) is 18.5. The van der Waals surface area contributed by atoms with Gasteiger partial charge >= 0.3 is 0 Å². The molecule has 5 aliphatic carbocycles. The number of benzene rings is 1. The number of allylic oxidation sites excluding steroid dienone is 2. The predicted octanol–water partition coefficient (Wildman–Crippen LogP) is 4.54. The van der Waals surface area contributed by atoms with Crippen LogP contribution in [-0.4, -0.2) is 28.7 Å². The van der Waals surface area contributed by atoms with E-state index in [0.717, 1.165) is 0 Å². The Morgan fingerprint density at radius 1 is 0.935 bits per heavy atom. The topological polar surface area (TPSA) is 66.5 Å². The lowest BCUT2D eigenvalue weighted by Crippen LogP contribution is -2.44. The fraction of sp³-hybridized carbons (Fsp3) is 0.542. The highest BCUT2D eigenvalue weighted by molar-refractivity contribution is 6.44. The van der Waals surface area contributed by atoms with Crippen LogP contribution in [0.1, 0.15) is 32.1 Å². The molecular weight excluding hydrogens is 435 g/mol. The Hall–Kier alpha value is -1.85. The summed E-state index contributed by atoms with van der Waals surface area (Å²) in [5.74, 6) is 1.30. The van der Waals surface area contributed by atoms with Gasteiger partial charge in [-0.2, -0.15) is 0 Å². The van der Waals surface area contributed by atoms with Gasteiger partial charge in [0.05, 0.1) is 27.6 Å². The standard InChI is InChI=1S/C24H24Cl2N2O3/c25-17-2-1-3-18(21(17)26)27-22(29)11-4-6-12(7-5-11)28-23(30)19-13-8-9-14(16-10-15(13)16)20(19)24(28)31/h1-3,8-9,11-16,19-20H,4-7,10H2,(H,27,29)/t11?,12?,13-,14-,15-,16-,19-,20+/m1/s1. The van der Waals surface area contributed by atoms with Crippen molar-refractivity contribution >= 4 is 46.6 Å². The Kier molecular flexibility index (Phi) is 4.52. The number of hydrogen-bond donors (Lipinski definition) is 1. The predicted molar refractivity (Wildman–Crippen MR) is 117 cm³/mol. The Labute approximate surface area is 191 Å². The molecule has 1 saturated heterocycles. The van der Waals surface area contributed by atoms with E-state index >= 15 is 0 Å². The van der Waals surface area contributed by atoms with Gasteiger partial charge < -0.3 is 5.32 Å². The fourth-order valence-electron chi connectivity index (χ4n) is 6.77. The monoisotopic (exact) mass is 458 g/mol. The number of hydrogen-bond acceptors (Lipinski definition) is 3. The summed E-state index contributed by atoms with van der Waals surface area (Å²) in [5.41, 5.74) is 0.511. The van der Waals surface area contributed by atoms with E-state index in [2.05, 4.69) is 17.5 Å². The number of nitrogens with one attached hydrogen (secondary N) is 1. The van der Waals surface area contributed by atoms with Crippen LogP contribution in [0, 0.1) is 41.4 Å². The van der Waals surface area contributed by atoms with Gasteiger partial charge in [0.15, 0.2) is 0 Å². The SMILES string of the molecule is O=C(Nc1cccc(Cl)c1Cl)C1CCC(N2C(=O)[C@@H]3[C@@H]4C=C[C@H]([C@H]5C[C@H]45)[C@@H]3C2=O)CC1. The number of halogens is 2. The molecule has 0 aromatic heterocycles. The largest absolute Gasteiger partial charge is 0.324 e. The highest BCUT2D eigenvalue weighted by atomic mass is 35.5. The van der Waals surface area contributed by atoms with Gasteiger partial charge in [-0.05, 0) is 67.9 Å². The van der Waals surface area contributed by atoms with E-state index in [4.69, 9.17) is 23.2 Å². The second kappa shape index (κ2) is 7.08. The normalized spacial score (nSPS) is 40.0. The van der Waals surface area contributed by atoms with Gasteiger partial charge in [0.25, 0.3) is 0 Å². The Morgan fingerprint density at radius 3 is 2.16 bits per heavy atom. The molecule has 0 unspecified atom stereocenters. The number of likely N-dealkylation sites (tertiary alicyclic amines) is 1. The summed E-state index contributed by atoms with van der Waals surface area (Å²) in [6.45, 7) is 0. The van der Waals surface area contributed by atoms with E-state index in [1.807, 2.05) is 0 Å². The van der Waals surface area contributed by atoms with Gasteiger partial charge in [-0.3, -0.25) is 19.3 Å².